The highest BCUT2D eigenvalue weighted by molar-refractivity contribution is 7.18. The van der Waals surface area contributed by atoms with Gasteiger partial charge < -0.3 is 11.1 Å². The van der Waals surface area contributed by atoms with Gasteiger partial charge in [0.2, 0.25) is 0 Å². The fourth-order valence-corrected chi connectivity index (χ4v) is 4.71. The largest absolute Gasteiger partial charge is 0.382 e. The van der Waals surface area contributed by atoms with Crippen LogP contribution < -0.4 is 11.1 Å². The van der Waals surface area contributed by atoms with Crippen LogP contribution in [0.2, 0.25) is 5.02 Å². The Bertz CT molecular complexity index is 1430. The van der Waals surface area contributed by atoms with E-state index in [1.807, 2.05) is 48.5 Å². The van der Waals surface area contributed by atoms with E-state index in [1.165, 1.54) is 28.8 Å². The first kappa shape index (κ1) is 19.5. The van der Waals surface area contributed by atoms with Crippen LogP contribution in [0.5, 0.6) is 0 Å². The van der Waals surface area contributed by atoms with Crippen LogP contribution in [0.4, 0.5) is 11.5 Å². The number of halogens is 1. The van der Waals surface area contributed by atoms with Crippen LogP contribution in [0.25, 0.3) is 21.0 Å². The maximum Gasteiger partial charge on any atom is 0.258 e. The van der Waals surface area contributed by atoms with Crippen molar-refractivity contribution >= 4 is 61.3 Å². The molecule has 5 aromatic rings. The molecular weight excluding hydrogens is 428 g/mol. The number of carbonyl (C=O) groups excluding carboxylic acids is 1. The lowest BCUT2D eigenvalue weighted by molar-refractivity contribution is 0.102. The predicted molar refractivity (Wildman–Crippen MR) is 128 cm³/mol. The Hall–Kier alpha value is -3.48. The Kier molecular flexibility index (Phi) is 5.02. The average molecular weight is 445 g/mol. The summed E-state index contributed by atoms with van der Waals surface area (Å²) in [5.74, 6) is 0.158. The average Bonchev–Trinajstić information content (AvgIpc) is 3.22. The van der Waals surface area contributed by atoms with Crippen LogP contribution in [0.15, 0.2) is 72.4 Å². The monoisotopic (exact) mass is 444 g/mol. The van der Waals surface area contributed by atoms with Gasteiger partial charge in [-0.3, -0.25) is 4.79 Å². The van der Waals surface area contributed by atoms with E-state index < -0.39 is 0 Å². The number of rotatable bonds is 4. The molecule has 5 nitrogen and oxygen atoms in total. The Balaban J connectivity index is 1.49. The van der Waals surface area contributed by atoms with Crippen LogP contribution in [0.1, 0.15) is 21.5 Å². The van der Waals surface area contributed by atoms with Gasteiger partial charge in [-0.25, -0.2) is 9.97 Å². The third-order valence-electron chi connectivity index (χ3n) is 5.19. The van der Waals surface area contributed by atoms with Crippen molar-refractivity contribution in [2.75, 3.05) is 11.1 Å². The molecule has 7 heteroatoms. The third kappa shape index (κ3) is 3.71. The van der Waals surface area contributed by atoms with Crippen LogP contribution in [0, 0.1) is 0 Å². The third-order valence-corrected chi connectivity index (χ3v) is 6.44. The molecule has 0 atom stereocenters. The first-order chi connectivity index (χ1) is 15.1. The second-order valence-corrected chi connectivity index (χ2v) is 8.48. The van der Waals surface area contributed by atoms with E-state index in [9.17, 15) is 4.79 Å². The molecule has 2 heterocycles. The number of hydrogen-bond acceptors (Lipinski definition) is 5. The zero-order chi connectivity index (χ0) is 21.4. The van der Waals surface area contributed by atoms with Crippen molar-refractivity contribution in [2.24, 2.45) is 0 Å². The highest BCUT2D eigenvalue weighted by Crippen LogP contribution is 2.31. The molecule has 0 saturated carbocycles. The molecule has 0 fully saturated rings. The molecule has 0 radical (unpaired) electrons. The van der Waals surface area contributed by atoms with E-state index in [0.717, 1.165) is 32.6 Å². The summed E-state index contributed by atoms with van der Waals surface area (Å²) in [5.41, 5.74) is 10.1. The molecule has 0 unspecified atom stereocenters. The lowest BCUT2D eigenvalue weighted by Crippen LogP contribution is -2.12. The highest BCUT2D eigenvalue weighted by atomic mass is 35.5. The summed E-state index contributed by atoms with van der Waals surface area (Å²) in [5, 5.41) is 7.61. The quantitative estimate of drug-likeness (QED) is 0.360. The summed E-state index contributed by atoms with van der Waals surface area (Å²) in [6.45, 7) is 0. The van der Waals surface area contributed by atoms with Crippen LogP contribution >= 0.6 is 22.9 Å². The molecule has 31 heavy (non-hydrogen) atoms. The SMILES string of the molecule is Nc1ncnc2c(C(=O)Nc3cccc4c(Cc5ccc(Cl)cc5)cccc34)csc12. The molecule has 3 aromatic carbocycles. The van der Waals surface area contributed by atoms with Gasteiger partial charge in [-0.2, -0.15) is 0 Å². The lowest BCUT2D eigenvalue weighted by Gasteiger charge is -2.12. The van der Waals surface area contributed by atoms with Crippen molar-refractivity contribution in [3.05, 3.63) is 94.1 Å². The van der Waals surface area contributed by atoms with Gasteiger partial charge in [-0.1, -0.05) is 54.1 Å². The van der Waals surface area contributed by atoms with Gasteiger partial charge in [-0.05, 0) is 41.1 Å². The van der Waals surface area contributed by atoms with Crippen molar-refractivity contribution in [3.8, 4) is 0 Å². The number of hydrogen-bond donors (Lipinski definition) is 2. The number of carbonyl (C=O) groups is 1. The van der Waals surface area contributed by atoms with Gasteiger partial charge in [0.25, 0.3) is 5.91 Å². The molecule has 0 aliphatic carbocycles. The second kappa shape index (κ2) is 7.98. The molecule has 2 aromatic heterocycles. The number of nitrogen functional groups attached to an aromatic ring is 1. The molecule has 0 aliphatic rings. The van der Waals surface area contributed by atoms with Crippen molar-refractivity contribution in [2.45, 2.75) is 6.42 Å². The number of nitrogens with two attached hydrogens (primary N) is 1. The predicted octanol–water partition coefficient (Wildman–Crippen LogP) is 5.92. The zero-order valence-electron chi connectivity index (χ0n) is 16.3. The molecule has 3 N–H and O–H groups in total. The number of aromatic nitrogens is 2. The van der Waals surface area contributed by atoms with Crippen molar-refractivity contribution in [1.29, 1.82) is 0 Å². The summed E-state index contributed by atoms with van der Waals surface area (Å²) in [7, 11) is 0. The Morgan fingerprint density at radius 3 is 2.61 bits per heavy atom. The van der Waals surface area contributed by atoms with Gasteiger partial charge in [-0.15, -0.1) is 11.3 Å². The fourth-order valence-electron chi connectivity index (χ4n) is 3.68. The summed E-state index contributed by atoms with van der Waals surface area (Å²) in [6.07, 6.45) is 2.15. The van der Waals surface area contributed by atoms with E-state index in [2.05, 4.69) is 27.4 Å². The summed E-state index contributed by atoms with van der Waals surface area (Å²) in [6, 6.07) is 19.9. The highest BCUT2D eigenvalue weighted by Gasteiger charge is 2.17. The minimum Gasteiger partial charge on any atom is -0.382 e. The topological polar surface area (TPSA) is 80.9 Å². The summed E-state index contributed by atoms with van der Waals surface area (Å²) < 4.78 is 0.718. The van der Waals surface area contributed by atoms with Gasteiger partial charge in [0.15, 0.2) is 0 Å². The van der Waals surface area contributed by atoms with Crippen molar-refractivity contribution in [1.82, 2.24) is 9.97 Å². The van der Waals surface area contributed by atoms with Crippen molar-refractivity contribution in [3.63, 3.8) is 0 Å². The van der Waals surface area contributed by atoms with E-state index in [-0.39, 0.29) is 5.91 Å². The van der Waals surface area contributed by atoms with Gasteiger partial charge in [0, 0.05) is 21.5 Å². The first-order valence-electron chi connectivity index (χ1n) is 9.64. The van der Waals surface area contributed by atoms with E-state index in [0.29, 0.717) is 16.9 Å². The first-order valence-corrected chi connectivity index (χ1v) is 10.9. The molecule has 1 amide bonds. The summed E-state index contributed by atoms with van der Waals surface area (Å²) >= 11 is 7.38. The van der Waals surface area contributed by atoms with Crippen LogP contribution in [-0.4, -0.2) is 15.9 Å². The van der Waals surface area contributed by atoms with Crippen molar-refractivity contribution < 1.29 is 4.79 Å². The Morgan fingerprint density at radius 1 is 1.00 bits per heavy atom. The zero-order valence-corrected chi connectivity index (χ0v) is 17.9. The van der Waals surface area contributed by atoms with Crippen LogP contribution in [-0.2, 0) is 6.42 Å². The minimum absolute atomic E-state index is 0.222. The molecule has 0 bridgehead atoms. The number of nitrogens with one attached hydrogen (secondary N) is 1. The number of anilines is 2. The van der Waals surface area contributed by atoms with E-state index in [4.69, 9.17) is 17.3 Å². The maximum absolute atomic E-state index is 13.0. The van der Waals surface area contributed by atoms with E-state index >= 15 is 0 Å². The Morgan fingerprint density at radius 2 is 1.77 bits per heavy atom. The maximum atomic E-state index is 13.0. The molecular formula is C24H17ClN4OS. The number of fused-ring (bicyclic) bond motifs is 2. The molecule has 0 spiro atoms. The number of nitrogens with zero attached hydrogens (tertiary/aromatic N) is 2. The summed E-state index contributed by atoms with van der Waals surface area (Å²) in [4.78, 5) is 21.3. The number of thiophene rings is 1. The van der Waals surface area contributed by atoms with E-state index in [1.54, 1.807) is 5.38 Å². The van der Waals surface area contributed by atoms with Crippen LogP contribution in [0.3, 0.4) is 0 Å². The second-order valence-electron chi connectivity index (χ2n) is 7.16. The fraction of sp³-hybridized carbons (Fsp3) is 0.0417. The lowest BCUT2D eigenvalue weighted by atomic mass is 9.97. The molecule has 0 aliphatic heterocycles. The smallest absolute Gasteiger partial charge is 0.258 e. The molecule has 0 saturated heterocycles. The van der Waals surface area contributed by atoms with Gasteiger partial charge in [0.05, 0.1) is 15.8 Å². The van der Waals surface area contributed by atoms with Gasteiger partial charge in [0.1, 0.15) is 12.1 Å². The standard InChI is InChI=1S/C24H17ClN4OS/c25-16-9-7-14(8-10-16)11-15-3-1-5-18-17(15)4-2-6-20(18)29-24(30)19-12-31-22-21(19)27-13-28-23(22)26/h1-10,12-13H,11H2,(H,29,30)(H2,26,27,28). The van der Waals surface area contributed by atoms with Gasteiger partial charge >= 0.3 is 0 Å². The molecule has 152 valence electrons. The Labute approximate surface area is 187 Å². The number of amides is 1. The normalized spacial score (nSPS) is 11.1. The minimum atomic E-state index is -0.222. The number of benzene rings is 3. The molecule has 5 rings (SSSR count).